The molecular formula is C15H14BrF2N. The Hall–Kier alpha value is -1.26. The minimum absolute atomic E-state index is 0.0953. The van der Waals surface area contributed by atoms with Crippen molar-refractivity contribution in [2.45, 2.75) is 12.3 Å². The van der Waals surface area contributed by atoms with Gasteiger partial charge >= 0.3 is 0 Å². The van der Waals surface area contributed by atoms with Gasteiger partial charge in [-0.3, -0.25) is 0 Å². The quantitative estimate of drug-likeness (QED) is 0.903. The summed E-state index contributed by atoms with van der Waals surface area (Å²) in [5.41, 5.74) is 7.76. The van der Waals surface area contributed by atoms with Crippen LogP contribution in [0.2, 0.25) is 0 Å². The number of halogens is 3. The molecule has 0 heterocycles. The third kappa shape index (κ3) is 3.61. The maximum absolute atomic E-state index is 13.2. The summed E-state index contributed by atoms with van der Waals surface area (Å²) in [6, 6.07) is 11.3. The van der Waals surface area contributed by atoms with Crippen molar-refractivity contribution in [1.82, 2.24) is 0 Å². The molecule has 2 rings (SSSR count). The van der Waals surface area contributed by atoms with Crippen LogP contribution in [0.4, 0.5) is 8.78 Å². The highest BCUT2D eigenvalue weighted by Crippen LogP contribution is 2.23. The molecule has 1 atom stereocenters. The van der Waals surface area contributed by atoms with Gasteiger partial charge in [-0.15, -0.1) is 0 Å². The van der Waals surface area contributed by atoms with Gasteiger partial charge in [-0.2, -0.15) is 0 Å². The van der Waals surface area contributed by atoms with Crippen molar-refractivity contribution >= 4 is 15.9 Å². The Morgan fingerprint density at radius 2 is 1.74 bits per heavy atom. The first-order valence-electron chi connectivity index (χ1n) is 5.99. The Bertz CT molecular complexity index is 555. The molecule has 0 saturated heterocycles. The molecule has 0 amide bonds. The zero-order chi connectivity index (χ0) is 13.8. The van der Waals surface area contributed by atoms with Gasteiger partial charge < -0.3 is 5.73 Å². The van der Waals surface area contributed by atoms with Crippen LogP contribution >= 0.6 is 15.9 Å². The van der Waals surface area contributed by atoms with Crippen LogP contribution in [0.25, 0.3) is 0 Å². The van der Waals surface area contributed by atoms with Gasteiger partial charge in [0, 0.05) is 5.92 Å². The molecule has 0 saturated carbocycles. The summed E-state index contributed by atoms with van der Waals surface area (Å²) in [7, 11) is 0. The molecule has 0 fully saturated rings. The van der Waals surface area contributed by atoms with E-state index in [1.807, 2.05) is 0 Å². The maximum atomic E-state index is 13.2. The lowest BCUT2D eigenvalue weighted by molar-refractivity contribution is 0.616. The van der Waals surface area contributed by atoms with Crippen molar-refractivity contribution < 1.29 is 8.78 Å². The summed E-state index contributed by atoms with van der Waals surface area (Å²) < 4.78 is 26.5. The van der Waals surface area contributed by atoms with Gasteiger partial charge in [0.15, 0.2) is 0 Å². The molecule has 1 nitrogen and oxygen atoms in total. The molecule has 0 radical (unpaired) electrons. The largest absolute Gasteiger partial charge is 0.330 e. The van der Waals surface area contributed by atoms with E-state index in [9.17, 15) is 8.78 Å². The molecule has 0 aliphatic carbocycles. The van der Waals surface area contributed by atoms with Crippen molar-refractivity contribution in [2.24, 2.45) is 5.73 Å². The molecule has 0 spiro atoms. The fourth-order valence-corrected chi connectivity index (χ4v) is 2.45. The molecule has 2 N–H and O–H groups in total. The van der Waals surface area contributed by atoms with E-state index in [1.165, 1.54) is 18.2 Å². The van der Waals surface area contributed by atoms with E-state index >= 15 is 0 Å². The normalized spacial score (nSPS) is 12.4. The number of rotatable bonds is 4. The minimum Gasteiger partial charge on any atom is -0.330 e. The van der Waals surface area contributed by atoms with E-state index in [1.54, 1.807) is 24.3 Å². The Morgan fingerprint density at radius 1 is 1.05 bits per heavy atom. The highest BCUT2D eigenvalue weighted by atomic mass is 79.9. The maximum Gasteiger partial charge on any atom is 0.137 e. The van der Waals surface area contributed by atoms with Crippen LogP contribution in [0.5, 0.6) is 0 Å². The molecule has 19 heavy (non-hydrogen) atoms. The van der Waals surface area contributed by atoms with E-state index in [-0.39, 0.29) is 17.6 Å². The van der Waals surface area contributed by atoms with Crippen LogP contribution < -0.4 is 5.73 Å². The summed E-state index contributed by atoms with van der Waals surface area (Å²) >= 11 is 3.17. The Morgan fingerprint density at radius 3 is 2.32 bits per heavy atom. The zero-order valence-electron chi connectivity index (χ0n) is 10.2. The second-order valence-corrected chi connectivity index (χ2v) is 5.29. The van der Waals surface area contributed by atoms with Gasteiger partial charge in [0.05, 0.1) is 4.47 Å². The summed E-state index contributed by atoms with van der Waals surface area (Å²) in [6.45, 7) is 0.459. The molecule has 2 aromatic carbocycles. The molecule has 0 aliphatic rings. The predicted molar refractivity (Wildman–Crippen MR) is 76.0 cm³/mol. The van der Waals surface area contributed by atoms with Crippen molar-refractivity contribution in [1.29, 1.82) is 0 Å². The fourth-order valence-electron chi connectivity index (χ4n) is 2.02. The van der Waals surface area contributed by atoms with Crippen LogP contribution in [0.15, 0.2) is 46.9 Å². The summed E-state index contributed by atoms with van der Waals surface area (Å²) in [5, 5.41) is 0. The number of benzene rings is 2. The molecule has 1 unspecified atom stereocenters. The van der Waals surface area contributed by atoms with E-state index in [2.05, 4.69) is 15.9 Å². The number of nitrogens with two attached hydrogens (primary N) is 1. The summed E-state index contributed by atoms with van der Waals surface area (Å²) in [4.78, 5) is 0. The van der Waals surface area contributed by atoms with E-state index in [0.29, 0.717) is 17.4 Å². The molecule has 100 valence electrons. The van der Waals surface area contributed by atoms with Crippen LogP contribution in [0.1, 0.15) is 17.0 Å². The lowest BCUT2D eigenvalue weighted by Crippen LogP contribution is -2.15. The lowest BCUT2D eigenvalue weighted by atomic mass is 9.92. The second kappa shape index (κ2) is 6.26. The van der Waals surface area contributed by atoms with Crippen molar-refractivity contribution in [2.75, 3.05) is 6.54 Å². The lowest BCUT2D eigenvalue weighted by Gasteiger charge is -2.15. The number of hydrogen-bond acceptors (Lipinski definition) is 1. The van der Waals surface area contributed by atoms with Crippen LogP contribution in [0, 0.1) is 11.6 Å². The van der Waals surface area contributed by atoms with Gasteiger partial charge in [-0.05, 0) is 64.3 Å². The molecule has 0 bridgehead atoms. The van der Waals surface area contributed by atoms with Crippen molar-refractivity contribution in [3.63, 3.8) is 0 Å². The smallest absolute Gasteiger partial charge is 0.137 e. The Balaban J connectivity index is 2.18. The summed E-state index contributed by atoms with van der Waals surface area (Å²) in [6.07, 6.45) is 0.695. The highest BCUT2D eigenvalue weighted by Gasteiger charge is 2.12. The number of hydrogen-bond donors (Lipinski definition) is 1. The van der Waals surface area contributed by atoms with Gasteiger partial charge in [0.2, 0.25) is 0 Å². The van der Waals surface area contributed by atoms with Gasteiger partial charge in [-0.25, -0.2) is 8.78 Å². The van der Waals surface area contributed by atoms with Crippen LogP contribution in [-0.2, 0) is 6.42 Å². The third-order valence-corrected chi connectivity index (χ3v) is 3.70. The minimum atomic E-state index is -0.283. The van der Waals surface area contributed by atoms with Gasteiger partial charge in [-0.1, -0.05) is 18.2 Å². The van der Waals surface area contributed by atoms with E-state index in [0.717, 1.165) is 11.1 Å². The van der Waals surface area contributed by atoms with Crippen LogP contribution in [0.3, 0.4) is 0 Å². The molecule has 0 aromatic heterocycles. The molecule has 0 aliphatic heterocycles. The summed E-state index contributed by atoms with van der Waals surface area (Å²) in [5.74, 6) is -0.447. The monoisotopic (exact) mass is 325 g/mol. The van der Waals surface area contributed by atoms with Crippen molar-refractivity contribution in [3.8, 4) is 0 Å². The first-order valence-corrected chi connectivity index (χ1v) is 6.79. The molecular weight excluding hydrogens is 312 g/mol. The van der Waals surface area contributed by atoms with Gasteiger partial charge in [0.25, 0.3) is 0 Å². The third-order valence-electron chi connectivity index (χ3n) is 3.09. The van der Waals surface area contributed by atoms with E-state index in [4.69, 9.17) is 5.73 Å². The first-order chi connectivity index (χ1) is 9.10. The SMILES string of the molecule is NCC(Cc1ccc(F)c(Br)c1)c1ccc(F)cc1. The average Bonchev–Trinajstić information content (AvgIpc) is 2.41. The van der Waals surface area contributed by atoms with Crippen LogP contribution in [-0.4, -0.2) is 6.54 Å². The first kappa shape index (κ1) is 14.2. The topological polar surface area (TPSA) is 26.0 Å². The molecule has 4 heteroatoms. The Labute approximate surface area is 119 Å². The standard InChI is InChI=1S/C15H14BrF2N/c16-14-8-10(1-6-15(14)18)7-12(9-19)11-2-4-13(17)5-3-11/h1-6,8,12H,7,9,19H2. The fraction of sp³-hybridized carbons (Fsp3) is 0.200. The average molecular weight is 326 g/mol. The van der Waals surface area contributed by atoms with E-state index < -0.39 is 0 Å². The van der Waals surface area contributed by atoms with Crippen molar-refractivity contribution in [3.05, 3.63) is 69.7 Å². The second-order valence-electron chi connectivity index (χ2n) is 4.44. The predicted octanol–water partition coefficient (Wildman–Crippen LogP) is 4.01. The Kier molecular flexibility index (Phi) is 4.66. The van der Waals surface area contributed by atoms with Gasteiger partial charge in [0.1, 0.15) is 11.6 Å². The highest BCUT2D eigenvalue weighted by molar-refractivity contribution is 9.10. The molecule has 2 aromatic rings. The zero-order valence-corrected chi connectivity index (χ0v) is 11.8.